The highest BCUT2D eigenvalue weighted by Gasteiger charge is 2.06. The molecule has 2 aromatic rings. The number of H-pyrrole nitrogens is 1. The van der Waals surface area contributed by atoms with Crippen molar-refractivity contribution in [3.63, 3.8) is 0 Å². The van der Waals surface area contributed by atoms with E-state index in [2.05, 4.69) is 15.0 Å². The molecule has 0 atom stereocenters. The standard InChI is InChI=1S/C8H5ClN4/c9-7-3-6-8(12-4-11-6)5(13-7)1-2-10/h3-4H,1H2,(H,11,12). The highest BCUT2D eigenvalue weighted by atomic mass is 35.5. The van der Waals surface area contributed by atoms with Gasteiger partial charge < -0.3 is 4.98 Å². The summed E-state index contributed by atoms with van der Waals surface area (Å²) in [6.45, 7) is 0. The van der Waals surface area contributed by atoms with Gasteiger partial charge in [0.15, 0.2) is 0 Å². The van der Waals surface area contributed by atoms with Gasteiger partial charge in [-0.1, -0.05) is 11.6 Å². The van der Waals surface area contributed by atoms with Gasteiger partial charge in [-0.15, -0.1) is 0 Å². The molecule has 0 bridgehead atoms. The average molecular weight is 193 g/mol. The summed E-state index contributed by atoms with van der Waals surface area (Å²) < 4.78 is 0. The van der Waals surface area contributed by atoms with Crippen LogP contribution >= 0.6 is 11.6 Å². The molecule has 0 unspecified atom stereocenters. The van der Waals surface area contributed by atoms with Crippen LogP contribution in [0.3, 0.4) is 0 Å². The summed E-state index contributed by atoms with van der Waals surface area (Å²) in [4.78, 5) is 11.0. The first kappa shape index (κ1) is 8.02. The van der Waals surface area contributed by atoms with Crippen molar-refractivity contribution < 1.29 is 0 Å². The van der Waals surface area contributed by atoms with Crippen LogP contribution in [0, 0.1) is 11.3 Å². The van der Waals surface area contributed by atoms with Gasteiger partial charge in [-0.2, -0.15) is 5.26 Å². The number of aromatic amines is 1. The fourth-order valence-corrected chi connectivity index (χ4v) is 1.39. The molecule has 0 radical (unpaired) electrons. The third-order valence-corrected chi connectivity index (χ3v) is 1.89. The van der Waals surface area contributed by atoms with Gasteiger partial charge in [0.1, 0.15) is 10.7 Å². The Hall–Kier alpha value is -1.60. The van der Waals surface area contributed by atoms with E-state index in [0.717, 1.165) is 5.52 Å². The summed E-state index contributed by atoms with van der Waals surface area (Å²) in [5, 5.41) is 8.91. The number of rotatable bonds is 1. The Labute approximate surface area is 79.2 Å². The molecule has 2 rings (SSSR count). The molecule has 1 N–H and O–H groups in total. The maximum absolute atomic E-state index is 8.54. The lowest BCUT2D eigenvalue weighted by atomic mass is 10.2. The number of nitriles is 1. The highest BCUT2D eigenvalue weighted by Crippen LogP contribution is 2.17. The van der Waals surface area contributed by atoms with Crippen LogP contribution in [-0.4, -0.2) is 15.0 Å². The van der Waals surface area contributed by atoms with Gasteiger partial charge in [0.05, 0.1) is 30.0 Å². The summed E-state index contributed by atoms with van der Waals surface area (Å²) >= 11 is 5.75. The van der Waals surface area contributed by atoms with Gasteiger partial charge in [0, 0.05) is 6.07 Å². The summed E-state index contributed by atoms with van der Waals surface area (Å²) in [7, 11) is 0. The van der Waals surface area contributed by atoms with Crippen molar-refractivity contribution in [2.75, 3.05) is 0 Å². The molecule has 13 heavy (non-hydrogen) atoms. The highest BCUT2D eigenvalue weighted by molar-refractivity contribution is 6.30. The normalized spacial score (nSPS) is 10.2. The molecule has 0 saturated carbocycles. The van der Waals surface area contributed by atoms with Crippen LogP contribution in [0.2, 0.25) is 5.15 Å². The van der Waals surface area contributed by atoms with Crippen molar-refractivity contribution in [2.24, 2.45) is 0 Å². The quantitative estimate of drug-likeness (QED) is 0.699. The van der Waals surface area contributed by atoms with Crippen LogP contribution in [0.1, 0.15) is 5.69 Å². The van der Waals surface area contributed by atoms with E-state index in [0.29, 0.717) is 16.4 Å². The fourth-order valence-electron chi connectivity index (χ4n) is 1.18. The number of hydrogen-bond donors (Lipinski definition) is 1. The molecule has 2 heterocycles. The van der Waals surface area contributed by atoms with Gasteiger partial charge in [-0.25, -0.2) is 9.97 Å². The van der Waals surface area contributed by atoms with Gasteiger partial charge in [-0.3, -0.25) is 0 Å². The predicted octanol–water partition coefficient (Wildman–Crippen LogP) is 1.68. The summed E-state index contributed by atoms with van der Waals surface area (Å²) in [5.74, 6) is 0. The van der Waals surface area contributed by atoms with E-state index in [4.69, 9.17) is 16.9 Å². The molecule has 0 saturated heterocycles. The molecule has 64 valence electrons. The molecule has 5 heteroatoms. The minimum absolute atomic E-state index is 0.224. The first-order valence-corrected chi connectivity index (χ1v) is 4.04. The zero-order valence-electron chi connectivity index (χ0n) is 6.58. The Kier molecular flexibility index (Phi) is 1.87. The number of fused-ring (bicyclic) bond motifs is 1. The lowest BCUT2D eigenvalue weighted by molar-refractivity contribution is 1.13. The van der Waals surface area contributed by atoms with Gasteiger partial charge in [-0.05, 0) is 0 Å². The molecule has 0 amide bonds. The van der Waals surface area contributed by atoms with Gasteiger partial charge in [0.25, 0.3) is 0 Å². The Balaban J connectivity index is 2.71. The first-order chi connectivity index (χ1) is 6.31. The first-order valence-electron chi connectivity index (χ1n) is 3.66. The largest absolute Gasteiger partial charge is 0.344 e. The topological polar surface area (TPSA) is 65.4 Å². The molecule has 0 aliphatic heterocycles. The van der Waals surface area contributed by atoms with Crippen LogP contribution in [-0.2, 0) is 6.42 Å². The molecule has 0 aliphatic carbocycles. The van der Waals surface area contributed by atoms with Crippen LogP contribution in [0.25, 0.3) is 11.0 Å². The predicted molar refractivity (Wildman–Crippen MR) is 48.2 cm³/mol. The fraction of sp³-hybridized carbons (Fsp3) is 0.125. The molecular formula is C8H5ClN4. The third-order valence-electron chi connectivity index (χ3n) is 1.69. The zero-order chi connectivity index (χ0) is 9.26. The minimum atomic E-state index is 0.224. The summed E-state index contributed by atoms with van der Waals surface area (Å²) in [6.07, 6.45) is 1.78. The Morgan fingerprint density at radius 2 is 2.46 bits per heavy atom. The lowest BCUT2D eigenvalue weighted by Gasteiger charge is -1.96. The second kappa shape index (κ2) is 3.04. The SMILES string of the molecule is N#CCc1nc(Cl)cc2[nH]cnc12. The summed E-state index contributed by atoms with van der Waals surface area (Å²) in [6, 6.07) is 3.70. The molecule has 4 nitrogen and oxygen atoms in total. The van der Waals surface area contributed by atoms with E-state index in [1.54, 1.807) is 12.4 Å². The Bertz CT molecular complexity index is 482. The average Bonchev–Trinajstić information content (AvgIpc) is 2.52. The number of halogens is 1. The zero-order valence-corrected chi connectivity index (χ0v) is 7.34. The minimum Gasteiger partial charge on any atom is -0.344 e. The smallest absolute Gasteiger partial charge is 0.131 e. The van der Waals surface area contributed by atoms with Crippen LogP contribution in [0.5, 0.6) is 0 Å². The number of imidazole rings is 1. The van der Waals surface area contributed by atoms with Crippen molar-refractivity contribution >= 4 is 22.6 Å². The van der Waals surface area contributed by atoms with Crippen LogP contribution in [0.4, 0.5) is 0 Å². The number of nitrogens with one attached hydrogen (secondary N) is 1. The van der Waals surface area contributed by atoms with E-state index >= 15 is 0 Å². The molecule has 2 aromatic heterocycles. The maximum atomic E-state index is 8.54. The van der Waals surface area contributed by atoms with Crippen molar-refractivity contribution in [1.82, 2.24) is 15.0 Å². The monoisotopic (exact) mass is 192 g/mol. The van der Waals surface area contributed by atoms with Crippen molar-refractivity contribution in [2.45, 2.75) is 6.42 Å². The van der Waals surface area contributed by atoms with E-state index in [-0.39, 0.29) is 6.42 Å². The maximum Gasteiger partial charge on any atom is 0.131 e. The number of aromatic nitrogens is 3. The Morgan fingerprint density at radius 1 is 1.62 bits per heavy atom. The van der Waals surface area contributed by atoms with Crippen LogP contribution in [0.15, 0.2) is 12.4 Å². The number of pyridine rings is 1. The number of hydrogen-bond acceptors (Lipinski definition) is 3. The van der Waals surface area contributed by atoms with Crippen LogP contribution < -0.4 is 0 Å². The molecule has 0 fully saturated rings. The van der Waals surface area contributed by atoms with Crippen molar-refractivity contribution in [3.8, 4) is 6.07 Å². The summed E-state index contributed by atoms with van der Waals surface area (Å²) in [5.41, 5.74) is 2.14. The van der Waals surface area contributed by atoms with Crippen molar-refractivity contribution in [1.29, 1.82) is 5.26 Å². The molecule has 0 aromatic carbocycles. The van der Waals surface area contributed by atoms with E-state index in [1.807, 2.05) is 6.07 Å². The van der Waals surface area contributed by atoms with Crippen molar-refractivity contribution in [3.05, 3.63) is 23.2 Å². The van der Waals surface area contributed by atoms with E-state index in [9.17, 15) is 0 Å². The molecular weight excluding hydrogens is 188 g/mol. The van der Waals surface area contributed by atoms with Gasteiger partial charge >= 0.3 is 0 Å². The number of nitrogens with zero attached hydrogens (tertiary/aromatic N) is 3. The second-order valence-electron chi connectivity index (χ2n) is 2.53. The Morgan fingerprint density at radius 3 is 3.23 bits per heavy atom. The van der Waals surface area contributed by atoms with E-state index < -0.39 is 0 Å². The van der Waals surface area contributed by atoms with Gasteiger partial charge in [0.2, 0.25) is 0 Å². The second-order valence-corrected chi connectivity index (χ2v) is 2.91. The van der Waals surface area contributed by atoms with E-state index in [1.165, 1.54) is 0 Å². The lowest BCUT2D eigenvalue weighted by Crippen LogP contribution is -1.90. The third kappa shape index (κ3) is 1.34. The molecule has 0 aliphatic rings. The molecule has 0 spiro atoms.